The number of aromatic nitrogens is 1. The Morgan fingerprint density at radius 1 is 1.17 bits per heavy atom. The zero-order chi connectivity index (χ0) is 16.4. The van der Waals surface area contributed by atoms with Crippen LogP contribution in [-0.2, 0) is 16.8 Å². The van der Waals surface area contributed by atoms with Gasteiger partial charge in [-0.15, -0.1) is 0 Å². The first-order chi connectivity index (χ1) is 11.0. The Morgan fingerprint density at radius 2 is 1.91 bits per heavy atom. The van der Waals surface area contributed by atoms with Crippen LogP contribution in [0.5, 0.6) is 0 Å². The van der Waals surface area contributed by atoms with Gasteiger partial charge >= 0.3 is 0 Å². The van der Waals surface area contributed by atoms with Gasteiger partial charge in [0.1, 0.15) is 5.82 Å². The van der Waals surface area contributed by atoms with Gasteiger partial charge in [0.15, 0.2) is 0 Å². The zero-order valence-electron chi connectivity index (χ0n) is 13.2. The number of halogens is 1. The molecule has 0 atom stereocenters. The average molecular weight is 310 g/mol. The number of hydrogen-bond acceptors (Lipinski definition) is 1. The summed E-state index contributed by atoms with van der Waals surface area (Å²) in [7, 11) is 0. The Balaban J connectivity index is 1.83. The molecule has 0 saturated heterocycles. The van der Waals surface area contributed by atoms with E-state index in [1.54, 1.807) is 12.3 Å². The molecule has 3 aromatic rings. The molecule has 0 bridgehead atoms. The minimum atomic E-state index is -0.717. The molecule has 1 heterocycles. The molecular formula is C19H19FN2O. The molecule has 1 aromatic heterocycles. The monoisotopic (exact) mass is 310 g/mol. The number of rotatable bonds is 4. The number of aromatic amines is 1. The molecule has 0 saturated carbocycles. The molecule has 0 aliphatic rings. The Labute approximate surface area is 134 Å². The van der Waals surface area contributed by atoms with E-state index >= 15 is 0 Å². The Kier molecular flexibility index (Phi) is 3.90. The minimum absolute atomic E-state index is 0.0634. The van der Waals surface area contributed by atoms with E-state index in [4.69, 9.17) is 0 Å². The van der Waals surface area contributed by atoms with Crippen molar-refractivity contribution in [3.63, 3.8) is 0 Å². The number of fused-ring (bicyclic) bond motifs is 1. The molecule has 2 N–H and O–H groups in total. The average Bonchev–Trinajstić information content (AvgIpc) is 2.97. The highest BCUT2D eigenvalue weighted by molar-refractivity contribution is 5.94. The molecule has 1 amide bonds. The summed E-state index contributed by atoms with van der Waals surface area (Å²) >= 11 is 0. The van der Waals surface area contributed by atoms with Crippen LogP contribution in [0.1, 0.15) is 25.0 Å². The molecule has 2 aromatic carbocycles. The van der Waals surface area contributed by atoms with Crippen LogP contribution in [0.2, 0.25) is 0 Å². The first kappa shape index (κ1) is 15.3. The Hall–Kier alpha value is -2.62. The highest BCUT2D eigenvalue weighted by Gasteiger charge is 2.32. The fraction of sp³-hybridized carbons (Fsp3) is 0.211. The maximum absolute atomic E-state index is 13.3. The molecule has 3 rings (SSSR count). The normalized spacial score (nSPS) is 11.6. The predicted molar refractivity (Wildman–Crippen MR) is 89.6 cm³/mol. The smallest absolute Gasteiger partial charge is 0.230 e. The first-order valence-electron chi connectivity index (χ1n) is 7.58. The third kappa shape index (κ3) is 2.97. The van der Waals surface area contributed by atoms with Crippen molar-refractivity contribution in [3.8, 4) is 0 Å². The van der Waals surface area contributed by atoms with Crippen molar-refractivity contribution in [1.82, 2.24) is 10.3 Å². The quantitative estimate of drug-likeness (QED) is 0.754. The molecule has 118 valence electrons. The standard InChI is InChI=1S/C19H19FN2O/c1-19(2,18(23)22-11-13-6-4-3-5-7-13)16-12-21-17-10-14(20)8-9-15(16)17/h3-10,12,21H,11H2,1-2H3,(H,22,23). The SMILES string of the molecule is CC(C)(C(=O)NCc1ccccc1)c1c[nH]c2cc(F)ccc12. The van der Waals surface area contributed by atoms with Crippen molar-refractivity contribution >= 4 is 16.8 Å². The highest BCUT2D eigenvalue weighted by Crippen LogP contribution is 2.31. The van der Waals surface area contributed by atoms with E-state index in [0.717, 1.165) is 16.5 Å². The van der Waals surface area contributed by atoms with Crippen LogP contribution in [0.3, 0.4) is 0 Å². The topological polar surface area (TPSA) is 44.9 Å². The van der Waals surface area contributed by atoms with Crippen molar-refractivity contribution in [2.24, 2.45) is 0 Å². The number of carbonyl (C=O) groups is 1. The van der Waals surface area contributed by atoms with E-state index < -0.39 is 5.41 Å². The summed E-state index contributed by atoms with van der Waals surface area (Å²) < 4.78 is 13.3. The minimum Gasteiger partial charge on any atom is -0.361 e. The van der Waals surface area contributed by atoms with Crippen LogP contribution in [0.25, 0.3) is 10.9 Å². The van der Waals surface area contributed by atoms with Gasteiger partial charge in [-0.05, 0) is 43.2 Å². The lowest BCUT2D eigenvalue weighted by atomic mass is 9.83. The third-order valence-electron chi connectivity index (χ3n) is 4.18. The predicted octanol–water partition coefficient (Wildman–Crippen LogP) is 3.90. The lowest BCUT2D eigenvalue weighted by Crippen LogP contribution is -2.39. The summed E-state index contributed by atoms with van der Waals surface area (Å²) in [5, 5.41) is 3.84. The zero-order valence-corrected chi connectivity index (χ0v) is 13.2. The molecule has 0 radical (unpaired) electrons. The number of nitrogens with one attached hydrogen (secondary N) is 2. The lowest BCUT2D eigenvalue weighted by molar-refractivity contribution is -0.125. The van der Waals surface area contributed by atoms with Crippen molar-refractivity contribution < 1.29 is 9.18 Å². The van der Waals surface area contributed by atoms with Gasteiger partial charge in [0.05, 0.1) is 5.41 Å². The van der Waals surface area contributed by atoms with E-state index in [-0.39, 0.29) is 11.7 Å². The van der Waals surface area contributed by atoms with Gasteiger partial charge in [-0.3, -0.25) is 4.79 Å². The number of H-pyrrole nitrogens is 1. The molecule has 0 fully saturated rings. The summed E-state index contributed by atoms with van der Waals surface area (Å²) in [5.74, 6) is -0.358. The number of benzene rings is 2. The fourth-order valence-electron chi connectivity index (χ4n) is 2.74. The maximum Gasteiger partial charge on any atom is 0.230 e. The summed E-state index contributed by atoms with van der Waals surface area (Å²) in [6.45, 7) is 4.23. The number of hydrogen-bond donors (Lipinski definition) is 2. The van der Waals surface area contributed by atoms with Crippen LogP contribution in [-0.4, -0.2) is 10.9 Å². The molecule has 0 aliphatic heterocycles. The van der Waals surface area contributed by atoms with Crippen molar-refractivity contribution in [2.75, 3.05) is 0 Å². The Bertz CT molecular complexity index is 837. The molecule has 0 spiro atoms. The molecule has 0 aliphatic carbocycles. The number of amides is 1. The molecule has 23 heavy (non-hydrogen) atoms. The molecule has 3 nitrogen and oxygen atoms in total. The van der Waals surface area contributed by atoms with Crippen LogP contribution in [0.15, 0.2) is 54.7 Å². The van der Waals surface area contributed by atoms with Gasteiger partial charge in [-0.2, -0.15) is 0 Å². The number of carbonyl (C=O) groups excluding carboxylic acids is 1. The second-order valence-corrected chi connectivity index (χ2v) is 6.19. The Morgan fingerprint density at radius 3 is 2.65 bits per heavy atom. The van der Waals surface area contributed by atoms with Crippen molar-refractivity contribution in [2.45, 2.75) is 25.8 Å². The van der Waals surface area contributed by atoms with Crippen molar-refractivity contribution in [1.29, 1.82) is 0 Å². The molecular weight excluding hydrogens is 291 g/mol. The molecule has 4 heteroatoms. The van der Waals surface area contributed by atoms with Crippen LogP contribution < -0.4 is 5.32 Å². The first-order valence-corrected chi connectivity index (χ1v) is 7.58. The van der Waals surface area contributed by atoms with E-state index in [2.05, 4.69) is 10.3 Å². The van der Waals surface area contributed by atoms with Gasteiger partial charge in [-0.25, -0.2) is 4.39 Å². The lowest BCUT2D eigenvalue weighted by Gasteiger charge is -2.23. The molecule has 0 unspecified atom stereocenters. The van der Waals surface area contributed by atoms with Gasteiger partial charge in [0.25, 0.3) is 0 Å². The van der Waals surface area contributed by atoms with Gasteiger partial charge in [0, 0.05) is 23.6 Å². The van der Waals surface area contributed by atoms with E-state index in [1.807, 2.05) is 44.2 Å². The van der Waals surface area contributed by atoms with E-state index in [0.29, 0.717) is 12.1 Å². The van der Waals surface area contributed by atoms with Crippen LogP contribution >= 0.6 is 0 Å². The van der Waals surface area contributed by atoms with Gasteiger partial charge < -0.3 is 10.3 Å². The largest absolute Gasteiger partial charge is 0.361 e. The van der Waals surface area contributed by atoms with Gasteiger partial charge in [0.2, 0.25) is 5.91 Å². The summed E-state index contributed by atoms with van der Waals surface area (Å²) in [4.78, 5) is 15.7. The summed E-state index contributed by atoms with van der Waals surface area (Å²) in [5.41, 5.74) is 1.89. The third-order valence-corrected chi connectivity index (χ3v) is 4.18. The summed E-state index contributed by atoms with van der Waals surface area (Å²) in [6, 6.07) is 14.3. The van der Waals surface area contributed by atoms with E-state index in [1.165, 1.54) is 12.1 Å². The maximum atomic E-state index is 13.3. The van der Waals surface area contributed by atoms with E-state index in [9.17, 15) is 9.18 Å². The highest BCUT2D eigenvalue weighted by atomic mass is 19.1. The second kappa shape index (κ2) is 5.88. The van der Waals surface area contributed by atoms with Crippen LogP contribution in [0.4, 0.5) is 4.39 Å². The fourth-order valence-corrected chi connectivity index (χ4v) is 2.74. The second-order valence-electron chi connectivity index (χ2n) is 6.19. The summed E-state index contributed by atoms with van der Waals surface area (Å²) in [6.07, 6.45) is 1.78. The van der Waals surface area contributed by atoms with Gasteiger partial charge in [-0.1, -0.05) is 30.3 Å². The van der Waals surface area contributed by atoms with Crippen molar-refractivity contribution in [3.05, 3.63) is 71.7 Å². The van der Waals surface area contributed by atoms with Crippen LogP contribution in [0, 0.1) is 5.82 Å².